The van der Waals surface area contributed by atoms with Crippen molar-refractivity contribution in [3.63, 3.8) is 0 Å². The molecule has 3 aromatic rings. The highest BCUT2D eigenvalue weighted by Crippen LogP contribution is 2.24. The second kappa shape index (κ2) is 19.7. The van der Waals surface area contributed by atoms with Gasteiger partial charge in [-0.15, -0.1) is 0 Å². The first kappa shape index (κ1) is 43.3. The molecule has 3 saturated heterocycles. The molecule has 7 N–H and O–H groups in total. The molecule has 3 fully saturated rings. The van der Waals surface area contributed by atoms with Gasteiger partial charge >= 0.3 is 5.97 Å². The van der Waals surface area contributed by atoms with Gasteiger partial charge in [0.2, 0.25) is 41.4 Å². The highest BCUT2D eigenvalue weighted by atomic mass is 16.4. The Bertz CT molecular complexity index is 2090. The van der Waals surface area contributed by atoms with Gasteiger partial charge in [-0.3, -0.25) is 38.4 Å². The van der Waals surface area contributed by atoms with E-state index in [-0.39, 0.29) is 51.1 Å². The lowest BCUT2D eigenvalue weighted by molar-refractivity contribution is -0.142. The molecule has 0 saturated carbocycles. The van der Waals surface area contributed by atoms with Crippen LogP contribution in [0.3, 0.4) is 0 Å². The molecule has 6 atom stereocenters. The fourth-order valence-corrected chi connectivity index (χ4v) is 8.33. The van der Waals surface area contributed by atoms with Gasteiger partial charge in [0.1, 0.15) is 36.3 Å². The Morgan fingerprint density at radius 2 is 1.30 bits per heavy atom. The van der Waals surface area contributed by atoms with Crippen LogP contribution in [-0.4, -0.2) is 123 Å². The SMILES string of the molecule is CC(C)C[C@@H]1NC(=O)[C@H](CCC(=O)O)NC(=O)[C@@H]2CCCN2C(=O)CNC(=O)[C@H](Cc2ccccc2)NC(=O)[C@@H]2CCCN2C(=O)[C@H](Cc2c[nH]c3ccccc23)NC1=O. The van der Waals surface area contributed by atoms with Gasteiger partial charge in [0.05, 0.1) is 6.54 Å². The van der Waals surface area contributed by atoms with Crippen LogP contribution in [0.15, 0.2) is 60.8 Å². The number of amides is 7. The van der Waals surface area contributed by atoms with Gasteiger partial charge in [0.25, 0.3) is 0 Å². The molecular formula is C43H54N8O9. The predicted octanol–water partition coefficient (Wildman–Crippen LogP) is 0.915. The minimum Gasteiger partial charge on any atom is -0.481 e. The van der Waals surface area contributed by atoms with Crippen LogP contribution >= 0.6 is 0 Å². The van der Waals surface area contributed by atoms with Crippen LogP contribution in [0.5, 0.6) is 0 Å². The minimum absolute atomic E-state index is 0.0318. The number of aliphatic carboxylic acids is 1. The first-order chi connectivity index (χ1) is 28.8. The summed E-state index contributed by atoms with van der Waals surface area (Å²) >= 11 is 0. The maximum atomic E-state index is 14.7. The molecule has 17 heteroatoms. The third-order valence-corrected chi connectivity index (χ3v) is 11.4. The molecule has 0 aliphatic carbocycles. The maximum Gasteiger partial charge on any atom is 0.303 e. The summed E-state index contributed by atoms with van der Waals surface area (Å²) in [4.78, 5) is 116. The van der Waals surface area contributed by atoms with Crippen molar-refractivity contribution < 1.29 is 43.5 Å². The largest absolute Gasteiger partial charge is 0.481 e. The van der Waals surface area contributed by atoms with E-state index in [1.165, 1.54) is 9.80 Å². The molecule has 6 rings (SSSR count). The molecule has 0 unspecified atom stereocenters. The lowest BCUT2D eigenvalue weighted by atomic mass is 9.99. The highest BCUT2D eigenvalue weighted by molar-refractivity contribution is 5.99. The molecule has 1 aromatic heterocycles. The molecule has 7 amide bonds. The van der Waals surface area contributed by atoms with Crippen molar-refractivity contribution in [1.29, 1.82) is 0 Å². The zero-order valence-electron chi connectivity index (χ0n) is 33.9. The van der Waals surface area contributed by atoms with E-state index in [0.29, 0.717) is 19.3 Å². The van der Waals surface area contributed by atoms with Crippen LogP contribution < -0.4 is 26.6 Å². The zero-order chi connectivity index (χ0) is 42.9. The summed E-state index contributed by atoms with van der Waals surface area (Å²) < 4.78 is 0. The van der Waals surface area contributed by atoms with E-state index in [0.717, 1.165) is 22.0 Å². The molecule has 3 aliphatic heterocycles. The Labute approximate surface area is 347 Å². The third-order valence-electron chi connectivity index (χ3n) is 11.4. The molecule has 3 aliphatic rings. The molecule has 320 valence electrons. The number of para-hydroxylation sites is 1. The van der Waals surface area contributed by atoms with Crippen LogP contribution in [0.25, 0.3) is 10.9 Å². The number of hydrogen-bond donors (Lipinski definition) is 7. The molecule has 4 heterocycles. The number of benzene rings is 2. The van der Waals surface area contributed by atoms with E-state index in [9.17, 15) is 43.5 Å². The molecule has 0 radical (unpaired) electrons. The fourth-order valence-electron chi connectivity index (χ4n) is 8.33. The van der Waals surface area contributed by atoms with E-state index in [4.69, 9.17) is 0 Å². The van der Waals surface area contributed by atoms with Crippen molar-refractivity contribution >= 4 is 58.2 Å². The summed E-state index contributed by atoms with van der Waals surface area (Å²) in [6.07, 6.45) is 2.71. The van der Waals surface area contributed by atoms with Crippen LogP contribution in [0.1, 0.15) is 69.9 Å². The average Bonchev–Trinajstić information content (AvgIpc) is 4.01. The quantitative estimate of drug-likeness (QED) is 0.162. The predicted molar refractivity (Wildman–Crippen MR) is 219 cm³/mol. The number of H-pyrrole nitrogens is 1. The standard InChI is InChI=1S/C43H54N8O9/c1-25(2)20-31-40(57)49-33(22-27-23-44-29-13-7-6-12-28(27)29)43(60)51-19-9-15-35(51)42(59)48-32(21-26-10-4-3-5-11-26)38(55)45-24-36(52)50-18-8-14-34(50)41(58)46-30(39(56)47-31)16-17-37(53)54/h3-7,10-13,23,25,30-35,44H,8-9,14-22,24H2,1-2H3,(H,45,55)(H,46,58)(H,47,56)(H,48,59)(H,49,57)(H,53,54)/t30-,31-,32-,33-,34-,35-/m0/s1. The van der Waals surface area contributed by atoms with E-state index in [2.05, 4.69) is 31.6 Å². The number of carboxylic acid groups (broad SMARTS) is 1. The zero-order valence-corrected chi connectivity index (χ0v) is 33.9. The maximum absolute atomic E-state index is 14.7. The summed E-state index contributed by atoms with van der Waals surface area (Å²) in [5.74, 6) is -5.83. The molecule has 60 heavy (non-hydrogen) atoms. The number of nitrogens with zero attached hydrogens (tertiary/aromatic N) is 2. The summed E-state index contributed by atoms with van der Waals surface area (Å²) in [6.45, 7) is 3.61. The van der Waals surface area contributed by atoms with Crippen molar-refractivity contribution in [1.82, 2.24) is 41.4 Å². The van der Waals surface area contributed by atoms with Gasteiger partial charge in [-0.2, -0.15) is 0 Å². The first-order valence-corrected chi connectivity index (χ1v) is 20.7. The Morgan fingerprint density at radius 3 is 2.00 bits per heavy atom. The van der Waals surface area contributed by atoms with Gasteiger partial charge < -0.3 is 46.5 Å². The van der Waals surface area contributed by atoms with Gasteiger partial charge in [-0.1, -0.05) is 62.4 Å². The topological polar surface area (TPSA) is 239 Å². The molecule has 0 bridgehead atoms. The van der Waals surface area contributed by atoms with E-state index in [1.54, 1.807) is 30.5 Å². The fraction of sp³-hybridized carbons (Fsp3) is 0.488. The van der Waals surface area contributed by atoms with Crippen LogP contribution in [0.2, 0.25) is 0 Å². The third kappa shape index (κ3) is 10.7. The molecule has 2 aromatic carbocycles. The van der Waals surface area contributed by atoms with Crippen molar-refractivity contribution in [2.75, 3.05) is 19.6 Å². The number of rotatable bonds is 9. The average molecular weight is 827 g/mol. The number of carboxylic acids is 1. The normalized spacial score (nSPS) is 25.1. The van der Waals surface area contributed by atoms with Gasteiger partial charge in [-0.05, 0) is 61.6 Å². The Morgan fingerprint density at radius 1 is 0.700 bits per heavy atom. The van der Waals surface area contributed by atoms with E-state index >= 15 is 0 Å². The lowest BCUT2D eigenvalue weighted by Crippen LogP contribution is -2.60. The minimum atomic E-state index is -1.38. The Balaban J connectivity index is 1.37. The van der Waals surface area contributed by atoms with Gasteiger partial charge in [-0.25, -0.2) is 0 Å². The second-order valence-electron chi connectivity index (χ2n) is 16.2. The van der Waals surface area contributed by atoms with Crippen molar-refractivity contribution in [3.8, 4) is 0 Å². The number of aromatic amines is 1. The van der Waals surface area contributed by atoms with E-state index in [1.807, 2.05) is 44.2 Å². The van der Waals surface area contributed by atoms with Crippen molar-refractivity contribution in [3.05, 3.63) is 71.9 Å². The van der Waals surface area contributed by atoms with Crippen molar-refractivity contribution in [2.45, 2.75) is 108 Å². The van der Waals surface area contributed by atoms with Crippen LogP contribution in [0, 0.1) is 5.92 Å². The number of carbonyl (C=O) groups excluding carboxylic acids is 7. The molecular weight excluding hydrogens is 773 g/mol. The summed E-state index contributed by atoms with van der Waals surface area (Å²) in [6, 6.07) is 9.59. The smallest absolute Gasteiger partial charge is 0.303 e. The molecule has 17 nitrogen and oxygen atoms in total. The summed E-state index contributed by atoms with van der Waals surface area (Å²) in [5.41, 5.74) is 2.28. The van der Waals surface area contributed by atoms with Gasteiger partial charge in [0.15, 0.2) is 0 Å². The van der Waals surface area contributed by atoms with Crippen molar-refractivity contribution in [2.24, 2.45) is 5.92 Å². The first-order valence-electron chi connectivity index (χ1n) is 20.7. The number of hydrogen-bond acceptors (Lipinski definition) is 8. The lowest BCUT2D eigenvalue weighted by Gasteiger charge is -2.31. The number of nitrogens with one attached hydrogen (secondary N) is 6. The molecule has 0 spiro atoms. The number of carbonyl (C=O) groups is 8. The highest BCUT2D eigenvalue weighted by Gasteiger charge is 2.41. The monoisotopic (exact) mass is 826 g/mol. The number of fused-ring (bicyclic) bond motifs is 3. The second-order valence-corrected chi connectivity index (χ2v) is 16.2. The van der Waals surface area contributed by atoms with Crippen LogP contribution in [-0.2, 0) is 51.2 Å². The summed E-state index contributed by atoms with van der Waals surface area (Å²) in [7, 11) is 0. The summed E-state index contributed by atoms with van der Waals surface area (Å²) in [5, 5.41) is 24.0. The number of aromatic nitrogens is 1. The Kier molecular flexibility index (Phi) is 14.2. The Hall–Kier alpha value is -6.26. The van der Waals surface area contributed by atoms with E-state index < -0.39 is 96.5 Å². The van der Waals surface area contributed by atoms with Crippen LogP contribution in [0.4, 0.5) is 0 Å². The van der Waals surface area contributed by atoms with Gasteiger partial charge in [0, 0.05) is 49.5 Å².